The number of aromatic amines is 1. The van der Waals surface area contributed by atoms with E-state index in [0.29, 0.717) is 16.7 Å². The van der Waals surface area contributed by atoms with Gasteiger partial charge in [0.1, 0.15) is 10.3 Å². The fourth-order valence-electron chi connectivity index (χ4n) is 2.78. The van der Waals surface area contributed by atoms with Crippen molar-refractivity contribution >= 4 is 33.4 Å². The smallest absolute Gasteiger partial charge is 0.285 e. The van der Waals surface area contributed by atoms with Gasteiger partial charge in [-0.15, -0.1) is 0 Å². The van der Waals surface area contributed by atoms with Gasteiger partial charge in [-0.05, 0) is 38.1 Å². The third kappa shape index (κ3) is 2.95. The summed E-state index contributed by atoms with van der Waals surface area (Å²) < 4.78 is 0. The van der Waals surface area contributed by atoms with Crippen LogP contribution in [-0.2, 0) is 0 Å². The normalized spacial score (nSPS) is 15.8. The minimum absolute atomic E-state index is 0.253. The molecule has 4 heterocycles. The summed E-state index contributed by atoms with van der Waals surface area (Å²) >= 11 is 1.28. The molecule has 23 heavy (non-hydrogen) atoms. The first-order chi connectivity index (χ1) is 11.3. The Morgan fingerprint density at radius 2 is 2.22 bits per heavy atom. The summed E-state index contributed by atoms with van der Waals surface area (Å²) in [5.41, 5.74) is 1.81. The molecule has 0 saturated carbocycles. The van der Waals surface area contributed by atoms with Crippen LogP contribution in [0.5, 0.6) is 0 Å². The molecule has 0 spiro atoms. The van der Waals surface area contributed by atoms with Crippen LogP contribution in [0.3, 0.4) is 0 Å². The fourth-order valence-corrected chi connectivity index (χ4v) is 3.58. The molecule has 0 bridgehead atoms. The molecule has 3 aromatic heterocycles. The van der Waals surface area contributed by atoms with Crippen LogP contribution >= 0.6 is 11.3 Å². The van der Waals surface area contributed by atoms with Crippen molar-refractivity contribution in [3.8, 4) is 0 Å². The van der Waals surface area contributed by atoms with Gasteiger partial charge in [-0.2, -0.15) is 5.10 Å². The zero-order valence-electron chi connectivity index (χ0n) is 12.4. The fraction of sp³-hybridized carbons (Fsp3) is 0.333. The lowest BCUT2D eigenvalue weighted by atomic mass is 9.95. The van der Waals surface area contributed by atoms with Crippen LogP contribution in [-0.4, -0.2) is 39.2 Å². The Balaban J connectivity index is 1.49. The number of anilines is 1. The molecular formula is C15H16N6OS. The second-order valence-electron chi connectivity index (χ2n) is 5.53. The summed E-state index contributed by atoms with van der Waals surface area (Å²) in [6.07, 6.45) is 3.86. The van der Waals surface area contributed by atoms with Crippen LogP contribution in [0.2, 0.25) is 0 Å². The van der Waals surface area contributed by atoms with Gasteiger partial charge in [-0.3, -0.25) is 9.89 Å². The molecule has 0 aliphatic carbocycles. The number of hydrogen-bond donors (Lipinski definition) is 3. The Morgan fingerprint density at radius 1 is 1.35 bits per heavy atom. The molecular weight excluding hydrogens is 312 g/mol. The summed E-state index contributed by atoms with van der Waals surface area (Å²) in [5.74, 6) is 0.758. The van der Waals surface area contributed by atoms with Crippen molar-refractivity contribution < 1.29 is 4.79 Å². The standard InChI is InChI=1S/C15H16N6OS/c22-13(15-18-10-2-1-5-17-14(10)23-15)19-12-8-11(20-21-12)9-3-6-16-7-4-9/h1-2,5,8-9,16H,3-4,6-7H2,(H2,19,20,21,22). The van der Waals surface area contributed by atoms with E-state index in [9.17, 15) is 4.79 Å². The van der Waals surface area contributed by atoms with Crippen molar-refractivity contribution in [3.05, 3.63) is 35.1 Å². The Kier molecular flexibility index (Phi) is 3.76. The van der Waals surface area contributed by atoms with Crippen molar-refractivity contribution in [1.29, 1.82) is 0 Å². The Labute approximate surface area is 136 Å². The number of carbonyl (C=O) groups is 1. The topological polar surface area (TPSA) is 95.6 Å². The van der Waals surface area contributed by atoms with E-state index in [1.807, 2.05) is 18.2 Å². The van der Waals surface area contributed by atoms with Gasteiger partial charge >= 0.3 is 0 Å². The van der Waals surface area contributed by atoms with Crippen LogP contribution in [0, 0.1) is 0 Å². The number of hydrogen-bond acceptors (Lipinski definition) is 6. The first-order valence-electron chi connectivity index (χ1n) is 7.58. The van der Waals surface area contributed by atoms with E-state index in [-0.39, 0.29) is 5.91 Å². The van der Waals surface area contributed by atoms with Gasteiger partial charge in [0, 0.05) is 23.9 Å². The monoisotopic (exact) mass is 328 g/mol. The van der Waals surface area contributed by atoms with E-state index in [4.69, 9.17) is 0 Å². The predicted molar refractivity (Wildman–Crippen MR) is 88.8 cm³/mol. The molecule has 0 aromatic carbocycles. The zero-order chi connectivity index (χ0) is 15.6. The SMILES string of the molecule is O=C(Nc1cc(C2CCNCC2)[nH]n1)c1nc2cccnc2s1. The summed E-state index contributed by atoms with van der Waals surface area (Å²) in [5, 5.41) is 13.8. The molecule has 0 atom stereocenters. The molecule has 3 N–H and O–H groups in total. The molecule has 3 aromatic rings. The number of aromatic nitrogens is 4. The lowest BCUT2D eigenvalue weighted by Gasteiger charge is -2.20. The van der Waals surface area contributed by atoms with Gasteiger partial charge in [-0.25, -0.2) is 9.97 Å². The van der Waals surface area contributed by atoms with Gasteiger partial charge in [0.05, 0.1) is 0 Å². The lowest BCUT2D eigenvalue weighted by Crippen LogP contribution is -2.26. The predicted octanol–water partition coefficient (Wildman–Crippen LogP) is 2.13. The number of pyridine rings is 1. The molecule has 0 unspecified atom stereocenters. The number of H-pyrrole nitrogens is 1. The Hall–Kier alpha value is -2.32. The van der Waals surface area contributed by atoms with Gasteiger partial charge in [0.25, 0.3) is 5.91 Å². The number of nitrogens with one attached hydrogen (secondary N) is 3. The number of piperidine rings is 1. The number of fused-ring (bicyclic) bond motifs is 1. The van der Waals surface area contributed by atoms with Crippen LogP contribution in [0.4, 0.5) is 5.82 Å². The summed E-state index contributed by atoms with van der Waals surface area (Å²) in [7, 11) is 0. The van der Waals surface area contributed by atoms with Gasteiger partial charge < -0.3 is 10.6 Å². The molecule has 1 aliphatic rings. The van der Waals surface area contributed by atoms with Gasteiger partial charge in [0.2, 0.25) is 0 Å². The van der Waals surface area contributed by atoms with Gasteiger partial charge in [-0.1, -0.05) is 11.3 Å². The first-order valence-corrected chi connectivity index (χ1v) is 8.40. The molecule has 1 fully saturated rings. The van der Waals surface area contributed by atoms with Crippen LogP contribution in [0.25, 0.3) is 10.3 Å². The highest BCUT2D eigenvalue weighted by atomic mass is 32.1. The highest BCUT2D eigenvalue weighted by molar-refractivity contribution is 7.20. The molecule has 1 saturated heterocycles. The maximum Gasteiger partial charge on any atom is 0.285 e. The quantitative estimate of drug-likeness (QED) is 0.684. The third-order valence-electron chi connectivity index (χ3n) is 3.98. The maximum atomic E-state index is 12.3. The van der Waals surface area contributed by atoms with Gasteiger partial charge in [0.15, 0.2) is 10.8 Å². The zero-order valence-corrected chi connectivity index (χ0v) is 13.2. The minimum Gasteiger partial charge on any atom is -0.317 e. The van der Waals surface area contributed by atoms with Crippen LogP contribution < -0.4 is 10.6 Å². The average Bonchev–Trinajstić information content (AvgIpc) is 3.22. The molecule has 1 aliphatic heterocycles. The maximum absolute atomic E-state index is 12.3. The number of thiazole rings is 1. The lowest BCUT2D eigenvalue weighted by molar-refractivity contribution is 0.102. The average molecular weight is 328 g/mol. The van der Waals surface area contributed by atoms with Crippen molar-refractivity contribution in [3.63, 3.8) is 0 Å². The summed E-state index contributed by atoms with van der Waals surface area (Å²) in [4.78, 5) is 21.6. The second kappa shape index (κ2) is 6.05. The third-order valence-corrected chi connectivity index (χ3v) is 4.96. The van der Waals surface area contributed by atoms with E-state index in [0.717, 1.165) is 42.0 Å². The molecule has 118 valence electrons. The number of amides is 1. The Bertz CT molecular complexity index is 802. The molecule has 8 heteroatoms. The van der Waals surface area contributed by atoms with E-state index >= 15 is 0 Å². The first kappa shape index (κ1) is 14.3. The highest BCUT2D eigenvalue weighted by Gasteiger charge is 2.19. The highest BCUT2D eigenvalue weighted by Crippen LogP contribution is 2.25. The Morgan fingerprint density at radius 3 is 3.04 bits per heavy atom. The van der Waals surface area contributed by atoms with Crippen molar-refractivity contribution in [2.45, 2.75) is 18.8 Å². The molecule has 7 nitrogen and oxygen atoms in total. The van der Waals surface area contributed by atoms with E-state index < -0.39 is 0 Å². The minimum atomic E-state index is -0.253. The number of rotatable bonds is 3. The van der Waals surface area contributed by atoms with Crippen molar-refractivity contribution in [1.82, 2.24) is 25.5 Å². The second-order valence-corrected chi connectivity index (χ2v) is 6.51. The molecule has 0 radical (unpaired) electrons. The van der Waals surface area contributed by atoms with E-state index in [1.54, 1.807) is 6.20 Å². The van der Waals surface area contributed by atoms with E-state index in [2.05, 4.69) is 30.8 Å². The van der Waals surface area contributed by atoms with Crippen LogP contribution in [0.1, 0.15) is 34.3 Å². The molecule has 4 rings (SSSR count). The largest absolute Gasteiger partial charge is 0.317 e. The number of nitrogens with zero attached hydrogens (tertiary/aromatic N) is 3. The van der Waals surface area contributed by atoms with Crippen LogP contribution in [0.15, 0.2) is 24.4 Å². The number of carbonyl (C=O) groups excluding carboxylic acids is 1. The van der Waals surface area contributed by atoms with E-state index in [1.165, 1.54) is 11.3 Å². The van der Waals surface area contributed by atoms with Crippen molar-refractivity contribution in [2.24, 2.45) is 0 Å². The van der Waals surface area contributed by atoms with Crippen molar-refractivity contribution in [2.75, 3.05) is 18.4 Å². The summed E-state index contributed by atoms with van der Waals surface area (Å²) in [6.45, 7) is 2.04. The summed E-state index contributed by atoms with van der Waals surface area (Å²) in [6, 6.07) is 5.57. The molecule has 1 amide bonds.